The van der Waals surface area contributed by atoms with Crippen LogP contribution in [-0.2, 0) is 4.74 Å². The highest BCUT2D eigenvalue weighted by molar-refractivity contribution is 4.86. The SMILES string of the molecule is C#CCNCCC1CCCCO1. The Hall–Kier alpha value is -0.520. The Kier molecular flexibility index (Phi) is 4.82. The second-order valence-corrected chi connectivity index (χ2v) is 3.16. The predicted molar refractivity (Wildman–Crippen MR) is 49.9 cm³/mol. The smallest absolute Gasteiger partial charge is 0.0587 e. The zero-order valence-corrected chi connectivity index (χ0v) is 7.51. The van der Waals surface area contributed by atoms with Gasteiger partial charge in [0.25, 0.3) is 0 Å². The molecule has 1 atom stereocenters. The van der Waals surface area contributed by atoms with Crippen LogP contribution in [0.4, 0.5) is 0 Å². The second kappa shape index (κ2) is 6.05. The molecule has 0 radical (unpaired) electrons. The third kappa shape index (κ3) is 3.75. The molecule has 1 fully saturated rings. The van der Waals surface area contributed by atoms with Crippen molar-refractivity contribution < 1.29 is 4.74 Å². The molecule has 1 aliphatic rings. The molecule has 12 heavy (non-hydrogen) atoms. The predicted octanol–water partition coefficient (Wildman–Crippen LogP) is 1.17. The molecule has 68 valence electrons. The Morgan fingerprint density at radius 2 is 2.42 bits per heavy atom. The van der Waals surface area contributed by atoms with Crippen LogP contribution in [0.2, 0.25) is 0 Å². The summed E-state index contributed by atoms with van der Waals surface area (Å²) >= 11 is 0. The first kappa shape index (κ1) is 9.57. The summed E-state index contributed by atoms with van der Waals surface area (Å²) in [5.41, 5.74) is 0. The molecule has 0 aromatic carbocycles. The Bertz CT molecular complexity index is 144. The third-order valence-electron chi connectivity index (χ3n) is 2.14. The Labute approximate surface area is 74.7 Å². The van der Waals surface area contributed by atoms with Crippen LogP contribution in [0.1, 0.15) is 25.7 Å². The molecule has 1 unspecified atom stereocenters. The molecule has 2 heteroatoms. The van der Waals surface area contributed by atoms with Gasteiger partial charge in [-0.1, -0.05) is 5.92 Å². The van der Waals surface area contributed by atoms with Crippen molar-refractivity contribution in [1.82, 2.24) is 5.32 Å². The summed E-state index contributed by atoms with van der Waals surface area (Å²) < 4.78 is 5.57. The van der Waals surface area contributed by atoms with Gasteiger partial charge in [0, 0.05) is 6.61 Å². The van der Waals surface area contributed by atoms with Gasteiger partial charge in [-0.15, -0.1) is 6.42 Å². The third-order valence-corrected chi connectivity index (χ3v) is 2.14. The van der Waals surface area contributed by atoms with Crippen LogP contribution in [0.25, 0.3) is 0 Å². The molecule has 1 heterocycles. The lowest BCUT2D eigenvalue weighted by Crippen LogP contribution is -2.25. The zero-order chi connectivity index (χ0) is 8.65. The maximum absolute atomic E-state index is 5.57. The van der Waals surface area contributed by atoms with E-state index in [2.05, 4.69) is 11.2 Å². The summed E-state index contributed by atoms with van der Waals surface area (Å²) in [7, 11) is 0. The van der Waals surface area contributed by atoms with E-state index in [0.29, 0.717) is 12.6 Å². The molecule has 1 rings (SSSR count). The van der Waals surface area contributed by atoms with Crippen molar-refractivity contribution in [1.29, 1.82) is 0 Å². The van der Waals surface area contributed by atoms with E-state index in [-0.39, 0.29) is 0 Å². The van der Waals surface area contributed by atoms with Gasteiger partial charge in [-0.3, -0.25) is 0 Å². The number of terminal acetylenes is 1. The van der Waals surface area contributed by atoms with Gasteiger partial charge in [0.05, 0.1) is 12.6 Å². The average Bonchev–Trinajstić information content (AvgIpc) is 2.14. The highest BCUT2D eigenvalue weighted by Crippen LogP contribution is 2.14. The van der Waals surface area contributed by atoms with Crippen molar-refractivity contribution in [2.45, 2.75) is 31.8 Å². The monoisotopic (exact) mass is 167 g/mol. The highest BCUT2D eigenvalue weighted by Gasteiger charge is 2.12. The van der Waals surface area contributed by atoms with Crippen LogP contribution in [0.5, 0.6) is 0 Å². The number of ether oxygens (including phenoxy) is 1. The molecule has 2 nitrogen and oxygen atoms in total. The van der Waals surface area contributed by atoms with Gasteiger partial charge in [0.15, 0.2) is 0 Å². The van der Waals surface area contributed by atoms with Crippen molar-refractivity contribution in [2.24, 2.45) is 0 Å². The highest BCUT2D eigenvalue weighted by atomic mass is 16.5. The molecule has 1 N–H and O–H groups in total. The van der Waals surface area contributed by atoms with Gasteiger partial charge < -0.3 is 10.1 Å². The number of rotatable bonds is 4. The lowest BCUT2D eigenvalue weighted by molar-refractivity contribution is 0.0117. The molecule has 0 aromatic heterocycles. The van der Waals surface area contributed by atoms with E-state index in [4.69, 9.17) is 11.2 Å². The van der Waals surface area contributed by atoms with Crippen molar-refractivity contribution >= 4 is 0 Å². The Balaban J connectivity index is 1.95. The van der Waals surface area contributed by atoms with Crippen LogP contribution in [0.15, 0.2) is 0 Å². The summed E-state index contributed by atoms with van der Waals surface area (Å²) in [6.07, 6.45) is 10.4. The van der Waals surface area contributed by atoms with E-state index in [9.17, 15) is 0 Å². The lowest BCUT2D eigenvalue weighted by Gasteiger charge is -2.22. The number of hydrogen-bond donors (Lipinski definition) is 1. The van der Waals surface area contributed by atoms with E-state index in [1.54, 1.807) is 0 Å². The topological polar surface area (TPSA) is 21.3 Å². The van der Waals surface area contributed by atoms with Gasteiger partial charge in [-0.25, -0.2) is 0 Å². The van der Waals surface area contributed by atoms with Gasteiger partial charge in [-0.2, -0.15) is 0 Å². The molecular weight excluding hydrogens is 150 g/mol. The average molecular weight is 167 g/mol. The van der Waals surface area contributed by atoms with E-state index >= 15 is 0 Å². The molecular formula is C10H17NO. The minimum Gasteiger partial charge on any atom is -0.378 e. The van der Waals surface area contributed by atoms with E-state index < -0.39 is 0 Å². The van der Waals surface area contributed by atoms with Crippen LogP contribution in [0.3, 0.4) is 0 Å². The minimum atomic E-state index is 0.476. The fraction of sp³-hybridized carbons (Fsp3) is 0.800. The standard InChI is InChI=1S/C10H17NO/c1-2-7-11-8-6-10-5-3-4-9-12-10/h1,10-11H,3-9H2. The zero-order valence-electron chi connectivity index (χ0n) is 7.51. The molecule has 0 bridgehead atoms. The van der Waals surface area contributed by atoms with E-state index in [1.165, 1.54) is 19.3 Å². The molecule has 1 aliphatic heterocycles. The van der Waals surface area contributed by atoms with Gasteiger partial charge >= 0.3 is 0 Å². The van der Waals surface area contributed by atoms with Crippen LogP contribution in [0, 0.1) is 12.3 Å². The van der Waals surface area contributed by atoms with Gasteiger partial charge in [0.1, 0.15) is 0 Å². The molecule has 0 amide bonds. The second-order valence-electron chi connectivity index (χ2n) is 3.16. The quantitative estimate of drug-likeness (QED) is 0.501. The Morgan fingerprint density at radius 3 is 3.08 bits per heavy atom. The fourth-order valence-electron chi connectivity index (χ4n) is 1.46. The summed E-state index contributed by atoms with van der Waals surface area (Å²) in [6, 6.07) is 0. The maximum Gasteiger partial charge on any atom is 0.0587 e. The normalized spacial score (nSPS) is 23.4. The molecule has 0 spiro atoms. The summed E-state index contributed by atoms with van der Waals surface area (Å²) in [5.74, 6) is 2.55. The first-order valence-corrected chi connectivity index (χ1v) is 4.69. The van der Waals surface area contributed by atoms with Crippen LogP contribution >= 0.6 is 0 Å². The summed E-state index contributed by atoms with van der Waals surface area (Å²) in [6.45, 7) is 2.60. The minimum absolute atomic E-state index is 0.476. The molecule has 1 saturated heterocycles. The first-order valence-electron chi connectivity index (χ1n) is 4.69. The van der Waals surface area contributed by atoms with Crippen molar-refractivity contribution in [3.63, 3.8) is 0 Å². The maximum atomic E-state index is 5.57. The van der Waals surface area contributed by atoms with Crippen LogP contribution < -0.4 is 5.32 Å². The van der Waals surface area contributed by atoms with Crippen LogP contribution in [-0.4, -0.2) is 25.8 Å². The molecule has 0 aromatic rings. The lowest BCUT2D eigenvalue weighted by atomic mass is 10.1. The van der Waals surface area contributed by atoms with Gasteiger partial charge in [0.2, 0.25) is 0 Å². The number of hydrogen-bond acceptors (Lipinski definition) is 2. The number of nitrogens with one attached hydrogen (secondary N) is 1. The van der Waals surface area contributed by atoms with Gasteiger partial charge in [-0.05, 0) is 32.2 Å². The Morgan fingerprint density at radius 1 is 1.50 bits per heavy atom. The largest absolute Gasteiger partial charge is 0.378 e. The van der Waals surface area contributed by atoms with Crippen molar-refractivity contribution in [2.75, 3.05) is 19.7 Å². The summed E-state index contributed by atoms with van der Waals surface area (Å²) in [4.78, 5) is 0. The fourth-order valence-corrected chi connectivity index (χ4v) is 1.46. The van der Waals surface area contributed by atoms with E-state index in [0.717, 1.165) is 19.6 Å². The first-order chi connectivity index (χ1) is 5.93. The van der Waals surface area contributed by atoms with Crippen molar-refractivity contribution in [3.05, 3.63) is 0 Å². The molecule has 0 aliphatic carbocycles. The summed E-state index contributed by atoms with van der Waals surface area (Å²) in [5, 5.41) is 3.17. The molecule has 0 saturated carbocycles. The van der Waals surface area contributed by atoms with E-state index in [1.807, 2.05) is 0 Å². The van der Waals surface area contributed by atoms with Crippen molar-refractivity contribution in [3.8, 4) is 12.3 Å².